The highest BCUT2D eigenvalue weighted by atomic mass is 35.5. The van der Waals surface area contributed by atoms with Crippen LogP contribution in [0.4, 0.5) is 10.5 Å². The molecule has 1 N–H and O–H groups in total. The molecule has 1 amide bonds. The fraction of sp³-hybridized carbons (Fsp3) is 0.481. The van der Waals surface area contributed by atoms with E-state index in [0.29, 0.717) is 35.8 Å². The van der Waals surface area contributed by atoms with Crippen molar-refractivity contribution >= 4 is 29.4 Å². The van der Waals surface area contributed by atoms with Crippen molar-refractivity contribution in [1.29, 1.82) is 0 Å². The van der Waals surface area contributed by atoms with Crippen molar-refractivity contribution in [2.45, 2.75) is 52.1 Å². The molecule has 184 valence electrons. The van der Waals surface area contributed by atoms with E-state index < -0.39 is 11.7 Å². The number of hydrogen-bond donors (Lipinski definition) is 1. The van der Waals surface area contributed by atoms with Crippen LogP contribution in [0.5, 0.6) is 0 Å². The Balaban J connectivity index is 1.31. The van der Waals surface area contributed by atoms with Gasteiger partial charge in [-0.05, 0) is 93.7 Å². The van der Waals surface area contributed by atoms with Crippen LogP contribution in [0, 0.1) is 11.8 Å². The Morgan fingerprint density at radius 3 is 1.97 bits per heavy atom. The zero-order chi connectivity index (χ0) is 24.6. The Kier molecular flexibility index (Phi) is 9.36. The molecule has 0 spiro atoms. The van der Waals surface area contributed by atoms with E-state index in [2.05, 4.69) is 5.32 Å². The highest BCUT2D eigenvalue weighted by molar-refractivity contribution is 6.30. The van der Waals surface area contributed by atoms with Crippen LogP contribution in [-0.4, -0.2) is 37.5 Å². The van der Waals surface area contributed by atoms with Crippen LogP contribution < -0.4 is 5.32 Å². The summed E-state index contributed by atoms with van der Waals surface area (Å²) < 4.78 is 16.2. The SMILES string of the molecule is CC(C)(C)OC(=O)COCC1CCC(COC(=O)Nc2ccc(-c3ccc(Cl)cc3)cc2)CC1. The molecule has 6 nitrogen and oxygen atoms in total. The molecule has 0 heterocycles. The summed E-state index contributed by atoms with van der Waals surface area (Å²) in [6.45, 7) is 6.47. The van der Waals surface area contributed by atoms with Gasteiger partial charge in [0.05, 0.1) is 13.2 Å². The van der Waals surface area contributed by atoms with Gasteiger partial charge in [-0.2, -0.15) is 0 Å². The maximum absolute atomic E-state index is 12.2. The smallest absolute Gasteiger partial charge is 0.411 e. The van der Waals surface area contributed by atoms with Crippen molar-refractivity contribution in [3.05, 3.63) is 53.6 Å². The molecule has 1 aliphatic carbocycles. The predicted octanol–water partition coefficient (Wildman–Crippen LogP) is 6.72. The Bertz CT molecular complexity index is 929. The first-order valence-corrected chi connectivity index (χ1v) is 12.1. The number of nitrogens with one attached hydrogen (secondary N) is 1. The number of carbonyl (C=O) groups excluding carboxylic acids is 2. The molecular formula is C27H34ClNO5. The summed E-state index contributed by atoms with van der Waals surface area (Å²) in [7, 11) is 0. The van der Waals surface area contributed by atoms with Gasteiger partial charge in [0, 0.05) is 10.7 Å². The van der Waals surface area contributed by atoms with Crippen LogP contribution in [0.2, 0.25) is 5.02 Å². The molecule has 0 aromatic heterocycles. The van der Waals surface area contributed by atoms with Crippen LogP contribution in [0.25, 0.3) is 11.1 Å². The molecule has 0 saturated heterocycles. The maximum Gasteiger partial charge on any atom is 0.411 e. The molecule has 0 aliphatic heterocycles. The van der Waals surface area contributed by atoms with Gasteiger partial charge in [-0.3, -0.25) is 5.32 Å². The van der Waals surface area contributed by atoms with E-state index in [-0.39, 0.29) is 12.6 Å². The highest BCUT2D eigenvalue weighted by Gasteiger charge is 2.23. The van der Waals surface area contributed by atoms with E-state index >= 15 is 0 Å². The minimum atomic E-state index is -0.494. The van der Waals surface area contributed by atoms with E-state index in [1.807, 2.05) is 69.3 Å². The van der Waals surface area contributed by atoms with Crippen LogP contribution in [0.15, 0.2) is 48.5 Å². The second-order valence-corrected chi connectivity index (χ2v) is 10.2. The van der Waals surface area contributed by atoms with Gasteiger partial charge in [-0.1, -0.05) is 35.9 Å². The minimum Gasteiger partial charge on any atom is -0.458 e. The van der Waals surface area contributed by atoms with E-state index in [4.69, 9.17) is 25.8 Å². The number of benzene rings is 2. The van der Waals surface area contributed by atoms with Gasteiger partial charge in [0.25, 0.3) is 0 Å². The zero-order valence-corrected chi connectivity index (χ0v) is 20.9. The molecule has 1 aliphatic rings. The lowest BCUT2D eigenvalue weighted by atomic mass is 9.83. The second-order valence-electron chi connectivity index (χ2n) is 9.80. The molecule has 2 aromatic carbocycles. The number of hydrogen-bond acceptors (Lipinski definition) is 5. The second kappa shape index (κ2) is 12.2. The van der Waals surface area contributed by atoms with Gasteiger partial charge < -0.3 is 14.2 Å². The van der Waals surface area contributed by atoms with Gasteiger partial charge in [0.1, 0.15) is 12.2 Å². The largest absolute Gasteiger partial charge is 0.458 e. The fourth-order valence-electron chi connectivity index (χ4n) is 3.98. The summed E-state index contributed by atoms with van der Waals surface area (Å²) in [5, 5.41) is 3.49. The van der Waals surface area contributed by atoms with Crippen molar-refractivity contribution in [2.24, 2.45) is 11.8 Å². The summed E-state index contributed by atoms with van der Waals surface area (Å²) in [5.74, 6) is 0.437. The molecule has 0 unspecified atom stereocenters. The van der Waals surface area contributed by atoms with Crippen molar-refractivity contribution in [3.8, 4) is 11.1 Å². The lowest BCUT2D eigenvalue weighted by Crippen LogP contribution is -2.28. The van der Waals surface area contributed by atoms with Crippen molar-refractivity contribution in [2.75, 3.05) is 25.1 Å². The fourth-order valence-corrected chi connectivity index (χ4v) is 4.11. The predicted molar refractivity (Wildman–Crippen MR) is 134 cm³/mol. The number of halogens is 1. The number of esters is 1. The number of ether oxygens (including phenoxy) is 3. The Morgan fingerprint density at radius 2 is 1.41 bits per heavy atom. The summed E-state index contributed by atoms with van der Waals surface area (Å²) in [6, 6.07) is 15.2. The van der Waals surface area contributed by atoms with E-state index in [0.717, 1.165) is 36.8 Å². The zero-order valence-electron chi connectivity index (χ0n) is 20.1. The first-order chi connectivity index (χ1) is 16.2. The third-order valence-electron chi connectivity index (χ3n) is 5.72. The van der Waals surface area contributed by atoms with Gasteiger partial charge in [0.15, 0.2) is 0 Å². The Hall–Kier alpha value is -2.57. The molecule has 1 fully saturated rings. The lowest BCUT2D eigenvalue weighted by Gasteiger charge is -2.28. The van der Waals surface area contributed by atoms with E-state index in [1.165, 1.54) is 0 Å². The van der Waals surface area contributed by atoms with Gasteiger partial charge in [-0.15, -0.1) is 0 Å². The molecular weight excluding hydrogens is 454 g/mol. The molecule has 2 aromatic rings. The van der Waals surface area contributed by atoms with Crippen molar-refractivity contribution in [1.82, 2.24) is 0 Å². The standard InChI is InChI=1S/C27H34ClNO5/c1-27(2,3)34-25(30)18-32-16-19-4-6-20(7-5-19)17-33-26(31)29-24-14-10-22(11-15-24)21-8-12-23(28)13-9-21/h8-15,19-20H,4-7,16-18H2,1-3H3,(H,29,31). The summed E-state index contributed by atoms with van der Waals surface area (Å²) in [4.78, 5) is 23.9. The maximum atomic E-state index is 12.2. The molecule has 7 heteroatoms. The minimum absolute atomic E-state index is 0.0127. The van der Waals surface area contributed by atoms with Crippen LogP contribution in [0.3, 0.4) is 0 Å². The van der Waals surface area contributed by atoms with Crippen LogP contribution in [0.1, 0.15) is 46.5 Å². The average Bonchev–Trinajstić information content (AvgIpc) is 2.78. The average molecular weight is 488 g/mol. The van der Waals surface area contributed by atoms with Gasteiger partial charge in [0.2, 0.25) is 0 Å². The number of amides is 1. The normalized spacial score (nSPS) is 18.2. The molecule has 0 radical (unpaired) electrons. The summed E-state index contributed by atoms with van der Waals surface area (Å²) in [5.41, 5.74) is 2.30. The van der Waals surface area contributed by atoms with Gasteiger partial charge in [-0.25, -0.2) is 9.59 Å². The number of anilines is 1. The third kappa shape index (κ3) is 8.99. The van der Waals surface area contributed by atoms with Crippen LogP contribution >= 0.6 is 11.6 Å². The monoisotopic (exact) mass is 487 g/mol. The number of rotatable bonds is 8. The van der Waals surface area contributed by atoms with Gasteiger partial charge >= 0.3 is 12.1 Å². The van der Waals surface area contributed by atoms with Crippen LogP contribution in [-0.2, 0) is 19.0 Å². The Labute approximate surface area is 206 Å². The molecule has 1 saturated carbocycles. The first kappa shape index (κ1) is 26.0. The highest BCUT2D eigenvalue weighted by Crippen LogP contribution is 2.29. The number of carbonyl (C=O) groups is 2. The quantitative estimate of drug-likeness (QED) is 0.418. The molecule has 34 heavy (non-hydrogen) atoms. The molecule has 0 atom stereocenters. The third-order valence-corrected chi connectivity index (χ3v) is 5.97. The van der Waals surface area contributed by atoms with E-state index in [1.54, 1.807) is 0 Å². The molecule has 3 rings (SSSR count). The summed E-state index contributed by atoms with van der Waals surface area (Å²) >= 11 is 5.94. The summed E-state index contributed by atoms with van der Waals surface area (Å²) in [6.07, 6.45) is 3.50. The Morgan fingerprint density at radius 1 is 0.882 bits per heavy atom. The lowest BCUT2D eigenvalue weighted by molar-refractivity contribution is -0.160. The first-order valence-electron chi connectivity index (χ1n) is 11.8. The molecule has 0 bridgehead atoms. The van der Waals surface area contributed by atoms with Crippen molar-refractivity contribution in [3.63, 3.8) is 0 Å². The van der Waals surface area contributed by atoms with Crippen molar-refractivity contribution < 1.29 is 23.8 Å². The van der Waals surface area contributed by atoms with E-state index in [9.17, 15) is 9.59 Å². The topological polar surface area (TPSA) is 73.9 Å².